The van der Waals surface area contributed by atoms with Crippen LogP contribution in [0.2, 0.25) is 0 Å². The molecular formula is C20H20O2. The zero-order chi connectivity index (χ0) is 15.5. The van der Waals surface area contributed by atoms with Gasteiger partial charge in [-0.25, -0.2) is 4.79 Å². The third-order valence-electron chi connectivity index (χ3n) is 3.15. The highest BCUT2D eigenvalue weighted by Crippen LogP contribution is 2.03. The number of benzene rings is 2. The van der Waals surface area contributed by atoms with E-state index in [2.05, 4.69) is 12.1 Å². The molecule has 0 bridgehead atoms. The van der Waals surface area contributed by atoms with E-state index < -0.39 is 0 Å². The SMILES string of the molecule is O=C(/C=C/C=C/CCc1ccccc1)OCc1ccccc1. The summed E-state index contributed by atoms with van der Waals surface area (Å²) < 4.78 is 5.14. The van der Waals surface area contributed by atoms with E-state index in [0.29, 0.717) is 6.61 Å². The Hall–Kier alpha value is -2.61. The molecule has 2 nitrogen and oxygen atoms in total. The molecule has 0 aliphatic rings. The van der Waals surface area contributed by atoms with E-state index in [-0.39, 0.29) is 5.97 Å². The van der Waals surface area contributed by atoms with Gasteiger partial charge in [0.25, 0.3) is 0 Å². The van der Waals surface area contributed by atoms with Crippen molar-refractivity contribution in [2.45, 2.75) is 19.4 Å². The summed E-state index contributed by atoms with van der Waals surface area (Å²) in [6.07, 6.45) is 9.05. The molecule has 0 heterocycles. The molecule has 2 rings (SSSR count). The Morgan fingerprint density at radius 1 is 0.864 bits per heavy atom. The number of hydrogen-bond acceptors (Lipinski definition) is 2. The van der Waals surface area contributed by atoms with E-state index >= 15 is 0 Å². The van der Waals surface area contributed by atoms with Crippen LogP contribution in [-0.4, -0.2) is 5.97 Å². The van der Waals surface area contributed by atoms with E-state index in [4.69, 9.17) is 4.74 Å². The van der Waals surface area contributed by atoms with Gasteiger partial charge < -0.3 is 4.74 Å². The fraction of sp³-hybridized carbons (Fsp3) is 0.150. The zero-order valence-corrected chi connectivity index (χ0v) is 12.5. The van der Waals surface area contributed by atoms with Crippen LogP contribution < -0.4 is 0 Å². The van der Waals surface area contributed by atoms with Gasteiger partial charge in [-0.1, -0.05) is 78.9 Å². The van der Waals surface area contributed by atoms with E-state index in [1.54, 1.807) is 6.08 Å². The highest BCUT2D eigenvalue weighted by Gasteiger charge is 1.96. The molecular weight excluding hydrogens is 272 g/mol. The number of ether oxygens (including phenoxy) is 1. The number of carbonyl (C=O) groups is 1. The monoisotopic (exact) mass is 292 g/mol. The second-order valence-corrected chi connectivity index (χ2v) is 4.90. The summed E-state index contributed by atoms with van der Waals surface area (Å²) in [4.78, 5) is 11.5. The van der Waals surface area contributed by atoms with Crippen molar-refractivity contribution in [3.63, 3.8) is 0 Å². The number of hydrogen-bond donors (Lipinski definition) is 0. The molecule has 0 aliphatic carbocycles. The van der Waals surface area contributed by atoms with E-state index in [0.717, 1.165) is 18.4 Å². The second kappa shape index (κ2) is 9.35. The van der Waals surface area contributed by atoms with Gasteiger partial charge in [-0.2, -0.15) is 0 Å². The van der Waals surface area contributed by atoms with E-state index in [1.165, 1.54) is 11.6 Å². The summed E-state index contributed by atoms with van der Waals surface area (Å²) in [5, 5.41) is 0. The van der Waals surface area contributed by atoms with Crippen molar-refractivity contribution >= 4 is 5.97 Å². The molecule has 0 aromatic heterocycles. The number of aryl methyl sites for hydroxylation is 1. The highest BCUT2D eigenvalue weighted by atomic mass is 16.5. The van der Waals surface area contributed by atoms with Crippen LogP contribution in [0.4, 0.5) is 0 Å². The van der Waals surface area contributed by atoms with Crippen LogP contribution >= 0.6 is 0 Å². The van der Waals surface area contributed by atoms with Crippen LogP contribution in [0.1, 0.15) is 17.5 Å². The highest BCUT2D eigenvalue weighted by molar-refractivity contribution is 5.82. The Balaban J connectivity index is 1.64. The standard InChI is InChI=1S/C20H20O2/c21-20(22-17-19-14-8-4-9-15-19)16-10-2-1-5-11-18-12-6-3-7-13-18/h1-4,6-10,12-16H,5,11,17H2/b2-1+,16-10+. The van der Waals surface area contributed by atoms with Crippen LogP contribution in [0.15, 0.2) is 85.0 Å². The molecule has 22 heavy (non-hydrogen) atoms. The quantitative estimate of drug-likeness (QED) is 0.427. The van der Waals surface area contributed by atoms with Crippen molar-refractivity contribution in [3.8, 4) is 0 Å². The van der Waals surface area contributed by atoms with Crippen molar-refractivity contribution in [1.29, 1.82) is 0 Å². The van der Waals surface area contributed by atoms with Gasteiger partial charge in [-0.15, -0.1) is 0 Å². The van der Waals surface area contributed by atoms with Gasteiger partial charge in [0.2, 0.25) is 0 Å². The molecule has 2 aromatic rings. The van der Waals surface area contributed by atoms with Gasteiger partial charge in [0.15, 0.2) is 0 Å². The van der Waals surface area contributed by atoms with Crippen LogP contribution in [0.3, 0.4) is 0 Å². The fourth-order valence-corrected chi connectivity index (χ4v) is 1.98. The summed E-state index contributed by atoms with van der Waals surface area (Å²) in [6, 6.07) is 20.0. The summed E-state index contributed by atoms with van der Waals surface area (Å²) in [7, 11) is 0. The predicted octanol–water partition coefficient (Wildman–Crippen LogP) is 4.48. The first-order chi connectivity index (χ1) is 10.8. The zero-order valence-electron chi connectivity index (χ0n) is 12.5. The van der Waals surface area contributed by atoms with E-state index in [1.807, 2.05) is 60.7 Å². The minimum atomic E-state index is -0.323. The van der Waals surface area contributed by atoms with Crippen LogP contribution in [-0.2, 0) is 22.6 Å². The molecule has 0 atom stereocenters. The van der Waals surface area contributed by atoms with Crippen LogP contribution in [0.5, 0.6) is 0 Å². The minimum Gasteiger partial charge on any atom is -0.458 e. The molecule has 2 heteroatoms. The molecule has 2 aromatic carbocycles. The first kappa shape index (κ1) is 15.8. The minimum absolute atomic E-state index is 0.307. The lowest BCUT2D eigenvalue weighted by molar-refractivity contribution is -0.139. The summed E-state index contributed by atoms with van der Waals surface area (Å²) in [5.74, 6) is -0.323. The second-order valence-electron chi connectivity index (χ2n) is 4.90. The van der Waals surface area contributed by atoms with Gasteiger partial charge in [0.05, 0.1) is 0 Å². The van der Waals surface area contributed by atoms with E-state index in [9.17, 15) is 4.79 Å². The van der Waals surface area contributed by atoms with Crippen LogP contribution in [0, 0.1) is 0 Å². The van der Waals surface area contributed by atoms with Crippen LogP contribution in [0.25, 0.3) is 0 Å². The predicted molar refractivity (Wildman–Crippen MR) is 89.3 cm³/mol. The Morgan fingerprint density at radius 2 is 1.50 bits per heavy atom. The normalized spacial score (nSPS) is 11.1. The van der Waals surface area contributed by atoms with Crippen molar-refractivity contribution in [1.82, 2.24) is 0 Å². The fourth-order valence-electron chi connectivity index (χ4n) is 1.98. The van der Waals surface area contributed by atoms with Gasteiger partial charge >= 0.3 is 5.97 Å². The number of carbonyl (C=O) groups excluding carboxylic acids is 1. The van der Waals surface area contributed by atoms with Crippen molar-refractivity contribution < 1.29 is 9.53 Å². The van der Waals surface area contributed by atoms with Gasteiger partial charge in [-0.3, -0.25) is 0 Å². The molecule has 0 saturated carbocycles. The molecule has 0 unspecified atom stereocenters. The number of rotatable bonds is 7. The average molecular weight is 292 g/mol. The molecule has 0 spiro atoms. The summed E-state index contributed by atoms with van der Waals surface area (Å²) in [6.45, 7) is 0.307. The lowest BCUT2D eigenvalue weighted by Crippen LogP contribution is -2.00. The summed E-state index contributed by atoms with van der Waals surface area (Å²) >= 11 is 0. The first-order valence-electron chi connectivity index (χ1n) is 7.42. The maximum atomic E-state index is 11.5. The number of esters is 1. The third-order valence-corrected chi connectivity index (χ3v) is 3.15. The lowest BCUT2D eigenvalue weighted by Gasteiger charge is -2.00. The van der Waals surface area contributed by atoms with Crippen molar-refractivity contribution in [3.05, 3.63) is 96.1 Å². The Kier molecular flexibility index (Phi) is 6.70. The molecule has 0 radical (unpaired) electrons. The topological polar surface area (TPSA) is 26.3 Å². The molecule has 0 amide bonds. The molecule has 0 saturated heterocycles. The molecule has 0 N–H and O–H groups in total. The maximum absolute atomic E-state index is 11.5. The molecule has 0 aliphatic heterocycles. The Bertz CT molecular complexity index is 613. The Morgan fingerprint density at radius 3 is 2.18 bits per heavy atom. The first-order valence-corrected chi connectivity index (χ1v) is 7.42. The number of allylic oxidation sites excluding steroid dienone is 3. The Labute approximate surface area is 131 Å². The third kappa shape index (κ3) is 6.23. The lowest BCUT2D eigenvalue weighted by atomic mass is 10.1. The maximum Gasteiger partial charge on any atom is 0.331 e. The average Bonchev–Trinajstić information content (AvgIpc) is 2.58. The summed E-state index contributed by atoms with van der Waals surface area (Å²) in [5.41, 5.74) is 2.31. The van der Waals surface area contributed by atoms with Crippen molar-refractivity contribution in [2.24, 2.45) is 0 Å². The largest absolute Gasteiger partial charge is 0.458 e. The molecule has 112 valence electrons. The smallest absolute Gasteiger partial charge is 0.331 e. The van der Waals surface area contributed by atoms with Crippen molar-refractivity contribution in [2.75, 3.05) is 0 Å². The van der Waals surface area contributed by atoms with Gasteiger partial charge in [0.1, 0.15) is 6.61 Å². The van der Waals surface area contributed by atoms with Gasteiger partial charge in [-0.05, 0) is 24.0 Å². The van der Waals surface area contributed by atoms with Gasteiger partial charge in [0, 0.05) is 6.08 Å². The molecule has 0 fully saturated rings.